The van der Waals surface area contributed by atoms with E-state index in [-0.39, 0.29) is 0 Å². The second-order valence-electron chi connectivity index (χ2n) is 4.00. The third-order valence-corrected chi connectivity index (χ3v) is 3.68. The van der Waals surface area contributed by atoms with Crippen LogP contribution in [0, 0.1) is 0 Å². The fourth-order valence-electron chi connectivity index (χ4n) is 2.09. The molecule has 3 rings (SSSR count). The summed E-state index contributed by atoms with van der Waals surface area (Å²) in [5.74, 6) is 1.00. The standard InChI is InChI=1S/C13H13N3S/c1-16-11-4-2-3-9(7-14)12(11)15-13(16)10-5-6-17-8-10/h2-6,8H,7,14H2,1H3. The van der Waals surface area contributed by atoms with Crippen LogP contribution < -0.4 is 5.73 Å². The summed E-state index contributed by atoms with van der Waals surface area (Å²) >= 11 is 1.68. The number of thiophene rings is 1. The summed E-state index contributed by atoms with van der Waals surface area (Å²) in [6.45, 7) is 0.525. The van der Waals surface area contributed by atoms with E-state index in [4.69, 9.17) is 10.7 Å². The second-order valence-corrected chi connectivity index (χ2v) is 4.78. The molecule has 0 saturated heterocycles. The number of hydrogen-bond acceptors (Lipinski definition) is 3. The number of aryl methyl sites for hydroxylation is 1. The number of nitrogens with zero attached hydrogens (tertiary/aromatic N) is 2. The van der Waals surface area contributed by atoms with Crippen LogP contribution in [0.15, 0.2) is 35.0 Å². The molecule has 86 valence electrons. The highest BCUT2D eigenvalue weighted by molar-refractivity contribution is 7.08. The summed E-state index contributed by atoms with van der Waals surface area (Å²) in [4.78, 5) is 4.72. The molecule has 0 saturated carbocycles. The first kappa shape index (κ1) is 10.5. The maximum absolute atomic E-state index is 5.75. The topological polar surface area (TPSA) is 43.8 Å². The Morgan fingerprint density at radius 1 is 1.35 bits per heavy atom. The lowest BCUT2D eigenvalue weighted by atomic mass is 10.2. The summed E-state index contributed by atoms with van der Waals surface area (Å²) in [7, 11) is 2.04. The monoisotopic (exact) mass is 243 g/mol. The molecule has 2 N–H and O–H groups in total. The zero-order chi connectivity index (χ0) is 11.8. The van der Waals surface area contributed by atoms with Gasteiger partial charge in [-0.2, -0.15) is 11.3 Å². The summed E-state index contributed by atoms with van der Waals surface area (Å²) in [5.41, 5.74) is 10.2. The van der Waals surface area contributed by atoms with Gasteiger partial charge in [0.15, 0.2) is 0 Å². The van der Waals surface area contributed by atoms with E-state index in [0.717, 1.165) is 28.0 Å². The zero-order valence-corrected chi connectivity index (χ0v) is 10.4. The van der Waals surface area contributed by atoms with Gasteiger partial charge in [0.05, 0.1) is 11.0 Å². The minimum absolute atomic E-state index is 0.525. The predicted molar refractivity (Wildman–Crippen MR) is 71.9 cm³/mol. The molecule has 0 radical (unpaired) electrons. The van der Waals surface area contributed by atoms with Crippen molar-refractivity contribution in [2.45, 2.75) is 6.54 Å². The molecule has 0 bridgehead atoms. The van der Waals surface area contributed by atoms with Gasteiger partial charge in [0.2, 0.25) is 0 Å². The third-order valence-electron chi connectivity index (χ3n) is 2.99. The quantitative estimate of drug-likeness (QED) is 0.752. The van der Waals surface area contributed by atoms with Gasteiger partial charge in [0.25, 0.3) is 0 Å². The van der Waals surface area contributed by atoms with Crippen molar-refractivity contribution in [3.63, 3.8) is 0 Å². The van der Waals surface area contributed by atoms with Crippen LogP contribution in [0.2, 0.25) is 0 Å². The molecule has 2 aromatic heterocycles. The van der Waals surface area contributed by atoms with E-state index in [0.29, 0.717) is 6.54 Å². The highest BCUT2D eigenvalue weighted by Gasteiger charge is 2.11. The van der Waals surface area contributed by atoms with Gasteiger partial charge in [-0.1, -0.05) is 12.1 Å². The highest BCUT2D eigenvalue weighted by Crippen LogP contribution is 2.26. The van der Waals surface area contributed by atoms with Crippen LogP contribution in [0.25, 0.3) is 22.4 Å². The molecule has 3 aromatic rings. The van der Waals surface area contributed by atoms with E-state index in [2.05, 4.69) is 27.5 Å². The average Bonchev–Trinajstić information content (AvgIpc) is 2.97. The molecule has 0 aliphatic carbocycles. The van der Waals surface area contributed by atoms with Crippen molar-refractivity contribution in [3.05, 3.63) is 40.6 Å². The minimum atomic E-state index is 0.525. The molecule has 4 heteroatoms. The molecule has 0 fully saturated rings. The van der Waals surface area contributed by atoms with Crippen LogP contribution in [0.4, 0.5) is 0 Å². The van der Waals surface area contributed by atoms with E-state index < -0.39 is 0 Å². The first-order valence-electron chi connectivity index (χ1n) is 5.48. The van der Waals surface area contributed by atoms with Crippen LogP contribution in [0.3, 0.4) is 0 Å². The van der Waals surface area contributed by atoms with Crippen molar-refractivity contribution in [2.24, 2.45) is 12.8 Å². The lowest BCUT2D eigenvalue weighted by Crippen LogP contribution is -1.97. The molecule has 3 nitrogen and oxygen atoms in total. The summed E-state index contributed by atoms with van der Waals surface area (Å²) in [6, 6.07) is 8.24. The SMILES string of the molecule is Cn1c(-c2ccsc2)nc2c(CN)cccc21. The van der Waals surface area contributed by atoms with Crippen molar-refractivity contribution in [2.75, 3.05) is 0 Å². The van der Waals surface area contributed by atoms with E-state index in [9.17, 15) is 0 Å². The Labute approximate surface area is 104 Å². The summed E-state index contributed by atoms with van der Waals surface area (Å²) in [5, 5.41) is 4.18. The fraction of sp³-hybridized carbons (Fsp3) is 0.154. The smallest absolute Gasteiger partial charge is 0.141 e. The van der Waals surface area contributed by atoms with Crippen LogP contribution in [0.1, 0.15) is 5.56 Å². The number of nitrogens with two attached hydrogens (primary N) is 1. The molecule has 0 amide bonds. The second kappa shape index (κ2) is 3.98. The van der Waals surface area contributed by atoms with Crippen molar-refractivity contribution in [1.82, 2.24) is 9.55 Å². The molecule has 0 atom stereocenters. The molecule has 17 heavy (non-hydrogen) atoms. The molecular weight excluding hydrogens is 230 g/mol. The number of imidazole rings is 1. The Morgan fingerprint density at radius 2 is 2.24 bits per heavy atom. The van der Waals surface area contributed by atoms with Crippen LogP contribution in [-0.4, -0.2) is 9.55 Å². The van der Waals surface area contributed by atoms with Gasteiger partial charge in [-0.3, -0.25) is 0 Å². The van der Waals surface area contributed by atoms with E-state index in [1.807, 2.05) is 19.2 Å². The highest BCUT2D eigenvalue weighted by atomic mass is 32.1. The van der Waals surface area contributed by atoms with E-state index in [1.54, 1.807) is 11.3 Å². The fourth-order valence-corrected chi connectivity index (χ4v) is 2.72. The number of rotatable bonds is 2. The van der Waals surface area contributed by atoms with Crippen molar-refractivity contribution < 1.29 is 0 Å². The van der Waals surface area contributed by atoms with Crippen molar-refractivity contribution >= 4 is 22.4 Å². The largest absolute Gasteiger partial charge is 0.327 e. The Bertz CT molecular complexity index is 653. The number of aromatic nitrogens is 2. The van der Waals surface area contributed by atoms with Crippen molar-refractivity contribution in [3.8, 4) is 11.4 Å². The van der Waals surface area contributed by atoms with Gasteiger partial charge in [0, 0.05) is 24.5 Å². The molecule has 0 aliphatic heterocycles. The van der Waals surface area contributed by atoms with E-state index >= 15 is 0 Å². The van der Waals surface area contributed by atoms with Gasteiger partial charge in [-0.25, -0.2) is 4.98 Å². The molecule has 0 aliphatic rings. The van der Waals surface area contributed by atoms with E-state index in [1.165, 1.54) is 0 Å². The maximum atomic E-state index is 5.75. The molecule has 1 aromatic carbocycles. The lowest BCUT2D eigenvalue weighted by Gasteiger charge is -2.00. The van der Waals surface area contributed by atoms with Crippen molar-refractivity contribution in [1.29, 1.82) is 0 Å². The minimum Gasteiger partial charge on any atom is -0.327 e. The Morgan fingerprint density at radius 3 is 2.94 bits per heavy atom. The Balaban J connectivity index is 2.32. The summed E-state index contributed by atoms with van der Waals surface area (Å²) < 4.78 is 2.12. The Kier molecular flexibility index (Phi) is 2.46. The van der Waals surface area contributed by atoms with Gasteiger partial charge in [0.1, 0.15) is 5.82 Å². The number of para-hydroxylation sites is 1. The third kappa shape index (κ3) is 1.57. The predicted octanol–water partition coefficient (Wildman–Crippen LogP) is 2.76. The summed E-state index contributed by atoms with van der Waals surface area (Å²) in [6.07, 6.45) is 0. The van der Waals surface area contributed by atoms with Gasteiger partial charge in [-0.05, 0) is 23.1 Å². The molecular formula is C13H13N3S. The lowest BCUT2D eigenvalue weighted by molar-refractivity contribution is 0.960. The molecule has 0 unspecified atom stereocenters. The average molecular weight is 243 g/mol. The van der Waals surface area contributed by atoms with Crippen LogP contribution in [0.5, 0.6) is 0 Å². The Hall–Kier alpha value is -1.65. The van der Waals surface area contributed by atoms with Crippen LogP contribution >= 0.6 is 11.3 Å². The zero-order valence-electron chi connectivity index (χ0n) is 9.55. The molecule has 0 spiro atoms. The van der Waals surface area contributed by atoms with Gasteiger partial charge >= 0.3 is 0 Å². The maximum Gasteiger partial charge on any atom is 0.141 e. The normalized spacial score (nSPS) is 11.2. The first-order valence-corrected chi connectivity index (χ1v) is 6.42. The number of fused-ring (bicyclic) bond motifs is 1. The van der Waals surface area contributed by atoms with Gasteiger partial charge < -0.3 is 10.3 Å². The first-order chi connectivity index (χ1) is 8.31. The van der Waals surface area contributed by atoms with Crippen LogP contribution in [-0.2, 0) is 13.6 Å². The number of benzene rings is 1. The van der Waals surface area contributed by atoms with Gasteiger partial charge in [-0.15, -0.1) is 0 Å². The number of hydrogen-bond donors (Lipinski definition) is 1. The molecule has 2 heterocycles.